The number of carbonyl (C=O) groups excluding carboxylic acids is 3. The van der Waals surface area contributed by atoms with Gasteiger partial charge in [0.15, 0.2) is 5.96 Å². The molecule has 0 bridgehead atoms. The second-order valence-corrected chi connectivity index (χ2v) is 12.0. The molecule has 1 saturated heterocycles. The van der Waals surface area contributed by atoms with Gasteiger partial charge in [-0.25, -0.2) is 0 Å². The van der Waals surface area contributed by atoms with Crippen molar-refractivity contribution in [2.45, 2.75) is 64.2 Å². The molecule has 1 heterocycles. The van der Waals surface area contributed by atoms with Crippen LogP contribution in [0.5, 0.6) is 0 Å². The Kier molecular flexibility index (Phi) is 9.66. The summed E-state index contributed by atoms with van der Waals surface area (Å²) in [5.41, 5.74) is 7.63. The number of hydrogen-bond acceptors (Lipinski definition) is 4. The van der Waals surface area contributed by atoms with Gasteiger partial charge in [-0.2, -0.15) is 0 Å². The number of nitrogens with two attached hydrogens (primary N) is 1. The minimum Gasteiger partial charge on any atom is -0.370 e. The molecule has 4 aromatic rings. The maximum absolute atomic E-state index is 14.4. The van der Waals surface area contributed by atoms with Crippen molar-refractivity contribution >= 4 is 45.2 Å². The van der Waals surface area contributed by atoms with Gasteiger partial charge in [0.1, 0.15) is 6.04 Å². The second kappa shape index (κ2) is 13.8. The van der Waals surface area contributed by atoms with Gasteiger partial charge in [-0.15, -0.1) is 0 Å². The number of guanidine groups is 1. The van der Waals surface area contributed by atoms with Crippen molar-refractivity contribution in [2.75, 3.05) is 13.1 Å². The SMILES string of the molecule is CC[C@H](NC(=N)N)C1CN(C(=O)Cc2ccc3ccccc3c2)C(C)CN1C(=O)C(Cc1ccc2ccccc2c1)NC(C)=O. The highest BCUT2D eigenvalue weighted by Crippen LogP contribution is 2.24. The summed E-state index contributed by atoms with van der Waals surface area (Å²) >= 11 is 0. The molecule has 1 aliphatic rings. The quantitative estimate of drug-likeness (QED) is 0.169. The van der Waals surface area contributed by atoms with Crippen LogP contribution in [0.2, 0.25) is 0 Å². The maximum atomic E-state index is 14.4. The van der Waals surface area contributed by atoms with Gasteiger partial charge in [0.05, 0.1) is 18.5 Å². The van der Waals surface area contributed by atoms with Crippen LogP contribution < -0.4 is 16.4 Å². The molecule has 0 aromatic heterocycles. The first-order valence-corrected chi connectivity index (χ1v) is 15.6. The van der Waals surface area contributed by atoms with Crippen LogP contribution >= 0.6 is 0 Å². The first-order chi connectivity index (χ1) is 21.6. The molecule has 0 radical (unpaired) electrons. The summed E-state index contributed by atoms with van der Waals surface area (Å²) in [6.07, 6.45) is 1.14. The lowest BCUT2D eigenvalue weighted by Gasteiger charge is -2.49. The monoisotopic (exact) mass is 606 g/mol. The van der Waals surface area contributed by atoms with Crippen LogP contribution in [0.3, 0.4) is 0 Å². The van der Waals surface area contributed by atoms with E-state index >= 15 is 0 Å². The summed E-state index contributed by atoms with van der Waals surface area (Å²) in [5, 5.41) is 18.2. The Bertz CT molecular complexity index is 1720. The molecule has 3 unspecified atom stereocenters. The Morgan fingerprint density at radius 3 is 2.00 bits per heavy atom. The number of rotatable bonds is 9. The van der Waals surface area contributed by atoms with Crippen LogP contribution in [0.4, 0.5) is 0 Å². The number of nitrogens with one attached hydrogen (secondary N) is 3. The highest BCUT2D eigenvalue weighted by atomic mass is 16.2. The second-order valence-electron chi connectivity index (χ2n) is 12.0. The van der Waals surface area contributed by atoms with Gasteiger partial charge in [0.25, 0.3) is 0 Å². The number of piperazine rings is 1. The zero-order chi connectivity index (χ0) is 32.1. The normalized spacial score (nSPS) is 17.9. The first kappa shape index (κ1) is 31.5. The molecule has 0 aliphatic carbocycles. The lowest BCUT2D eigenvalue weighted by atomic mass is 9.94. The Morgan fingerprint density at radius 1 is 0.844 bits per heavy atom. The third-order valence-corrected chi connectivity index (χ3v) is 8.72. The minimum atomic E-state index is -0.798. The molecule has 234 valence electrons. The summed E-state index contributed by atoms with van der Waals surface area (Å²) in [4.78, 5) is 44.1. The molecule has 45 heavy (non-hydrogen) atoms. The molecule has 9 nitrogen and oxygen atoms in total. The van der Waals surface area contributed by atoms with Crippen molar-refractivity contribution in [3.8, 4) is 0 Å². The van der Waals surface area contributed by atoms with E-state index in [1.54, 1.807) is 4.90 Å². The van der Waals surface area contributed by atoms with Crippen molar-refractivity contribution in [3.63, 3.8) is 0 Å². The van der Waals surface area contributed by atoms with Crippen molar-refractivity contribution in [1.29, 1.82) is 5.41 Å². The fraction of sp³-hybridized carbons (Fsp3) is 0.333. The Morgan fingerprint density at radius 2 is 1.42 bits per heavy atom. The molecule has 3 amide bonds. The average Bonchev–Trinajstić information content (AvgIpc) is 3.02. The van der Waals surface area contributed by atoms with Gasteiger partial charge < -0.3 is 26.2 Å². The van der Waals surface area contributed by atoms with Crippen molar-refractivity contribution in [3.05, 3.63) is 96.1 Å². The van der Waals surface area contributed by atoms with Crippen LogP contribution in [0.25, 0.3) is 21.5 Å². The summed E-state index contributed by atoms with van der Waals surface area (Å²) in [5.74, 6) is -0.740. The van der Waals surface area contributed by atoms with Gasteiger partial charge in [0, 0.05) is 32.5 Å². The number of benzene rings is 4. The molecule has 5 N–H and O–H groups in total. The molecule has 1 aliphatic heterocycles. The smallest absolute Gasteiger partial charge is 0.245 e. The topological polar surface area (TPSA) is 132 Å². The van der Waals surface area contributed by atoms with Gasteiger partial charge in [-0.3, -0.25) is 19.8 Å². The largest absolute Gasteiger partial charge is 0.370 e. The average molecular weight is 607 g/mol. The predicted octanol–water partition coefficient (Wildman–Crippen LogP) is 3.97. The number of hydrogen-bond donors (Lipinski definition) is 4. The Hall–Kier alpha value is -4.92. The number of amides is 3. The maximum Gasteiger partial charge on any atom is 0.245 e. The van der Waals surface area contributed by atoms with E-state index in [9.17, 15) is 14.4 Å². The summed E-state index contributed by atoms with van der Waals surface area (Å²) in [6, 6.07) is 26.3. The molecule has 4 atom stereocenters. The van der Waals surface area contributed by atoms with E-state index in [2.05, 4.69) is 10.6 Å². The van der Waals surface area contributed by atoms with Crippen molar-refractivity contribution in [2.24, 2.45) is 5.73 Å². The van der Waals surface area contributed by atoms with Gasteiger partial charge in [-0.05, 0) is 46.0 Å². The third kappa shape index (κ3) is 7.42. The lowest BCUT2D eigenvalue weighted by Crippen LogP contribution is -2.68. The summed E-state index contributed by atoms with van der Waals surface area (Å²) < 4.78 is 0. The number of fused-ring (bicyclic) bond motifs is 2. The zero-order valence-electron chi connectivity index (χ0n) is 26.1. The molecule has 0 saturated carbocycles. The molecular weight excluding hydrogens is 564 g/mol. The van der Waals surface area contributed by atoms with E-state index in [0.717, 1.165) is 32.7 Å². The van der Waals surface area contributed by atoms with E-state index in [1.165, 1.54) is 6.92 Å². The fourth-order valence-electron chi connectivity index (χ4n) is 6.49. The van der Waals surface area contributed by atoms with Crippen LogP contribution in [-0.4, -0.2) is 70.7 Å². The highest BCUT2D eigenvalue weighted by molar-refractivity contribution is 5.89. The minimum absolute atomic E-state index is 0.0258. The number of nitrogens with zero attached hydrogens (tertiary/aromatic N) is 2. The predicted molar refractivity (Wildman–Crippen MR) is 179 cm³/mol. The Labute approximate surface area is 264 Å². The van der Waals surface area contributed by atoms with Gasteiger partial charge in [0.2, 0.25) is 17.7 Å². The van der Waals surface area contributed by atoms with Crippen molar-refractivity contribution < 1.29 is 14.4 Å². The molecule has 9 heteroatoms. The summed E-state index contributed by atoms with van der Waals surface area (Å²) in [6.45, 7) is 5.89. The van der Waals surface area contributed by atoms with E-state index in [-0.39, 0.29) is 55.3 Å². The van der Waals surface area contributed by atoms with Crippen LogP contribution in [0.1, 0.15) is 38.3 Å². The zero-order valence-corrected chi connectivity index (χ0v) is 26.1. The molecule has 0 spiro atoms. The summed E-state index contributed by atoms with van der Waals surface area (Å²) in [7, 11) is 0. The molecule has 5 rings (SSSR count). The van der Waals surface area contributed by atoms with E-state index in [0.29, 0.717) is 12.8 Å². The first-order valence-electron chi connectivity index (χ1n) is 15.6. The lowest BCUT2D eigenvalue weighted by molar-refractivity contribution is -0.149. The molecular formula is C36H42N6O3. The molecule has 4 aromatic carbocycles. The van der Waals surface area contributed by atoms with Gasteiger partial charge in [-0.1, -0.05) is 91.9 Å². The number of carbonyl (C=O) groups is 3. The standard InChI is InChI=1S/C36H42N6O3/c1-4-31(40-36(37)38)33-22-41(34(44)20-26-14-16-28-10-6-8-12-30(28)18-26)23(2)21-42(33)35(45)32(39-24(3)43)19-25-13-15-27-9-5-7-11-29(27)17-25/h5-18,23,31-33H,4,19-22H2,1-3H3,(H,39,43)(H4,37,38,40)/t23?,31-,32?,33?/m0/s1. The van der Waals surface area contributed by atoms with Crippen LogP contribution in [0.15, 0.2) is 84.9 Å². The van der Waals surface area contributed by atoms with E-state index in [1.807, 2.05) is 104 Å². The molecule has 1 fully saturated rings. The van der Waals surface area contributed by atoms with E-state index < -0.39 is 12.1 Å². The fourth-order valence-corrected chi connectivity index (χ4v) is 6.49. The van der Waals surface area contributed by atoms with Gasteiger partial charge >= 0.3 is 0 Å². The highest BCUT2D eigenvalue weighted by Gasteiger charge is 2.42. The van der Waals surface area contributed by atoms with Crippen molar-refractivity contribution in [1.82, 2.24) is 20.4 Å². The van der Waals surface area contributed by atoms with Crippen LogP contribution in [0, 0.1) is 5.41 Å². The Balaban J connectivity index is 1.40. The van der Waals surface area contributed by atoms with E-state index in [4.69, 9.17) is 11.1 Å². The third-order valence-electron chi connectivity index (χ3n) is 8.72. The van der Waals surface area contributed by atoms with Crippen LogP contribution in [-0.2, 0) is 27.2 Å².